The van der Waals surface area contributed by atoms with E-state index < -0.39 is 0 Å². The molecule has 2 saturated heterocycles. The van der Waals surface area contributed by atoms with Crippen molar-refractivity contribution >= 4 is 0 Å². The average Bonchev–Trinajstić information content (AvgIpc) is 3.08. The predicted molar refractivity (Wildman–Crippen MR) is 69.7 cm³/mol. The third-order valence-electron chi connectivity index (χ3n) is 4.10. The lowest BCUT2D eigenvalue weighted by atomic mass is 10.1. The minimum atomic E-state index is -0.00643. The van der Waals surface area contributed by atoms with Gasteiger partial charge in [0.2, 0.25) is 0 Å². The molecule has 0 spiro atoms. The summed E-state index contributed by atoms with van der Waals surface area (Å²) in [6, 6.07) is 0.203. The molecule has 0 amide bonds. The van der Waals surface area contributed by atoms with Gasteiger partial charge in [0.05, 0.1) is 12.1 Å². The second kappa shape index (κ2) is 5.56. The Morgan fingerprint density at radius 2 is 2.32 bits per heavy atom. The summed E-state index contributed by atoms with van der Waals surface area (Å²) < 4.78 is 11.3. The zero-order valence-electron chi connectivity index (χ0n) is 11.6. The topological polar surface area (TPSA) is 63.4 Å². The molecule has 0 aliphatic carbocycles. The van der Waals surface area contributed by atoms with Gasteiger partial charge in [-0.05, 0) is 26.3 Å². The van der Waals surface area contributed by atoms with E-state index in [4.69, 9.17) is 9.26 Å². The van der Waals surface area contributed by atoms with Gasteiger partial charge in [0.1, 0.15) is 6.10 Å². The lowest BCUT2D eigenvalue weighted by Gasteiger charge is -2.30. The van der Waals surface area contributed by atoms with E-state index in [9.17, 15) is 0 Å². The lowest BCUT2D eigenvalue weighted by Crippen LogP contribution is -2.44. The van der Waals surface area contributed by atoms with Gasteiger partial charge in [-0.1, -0.05) is 12.1 Å². The van der Waals surface area contributed by atoms with Crippen LogP contribution in [-0.4, -0.2) is 47.8 Å². The number of ether oxygens (including phenoxy) is 1. The minimum Gasteiger partial charge on any atom is -0.365 e. The molecule has 0 aromatic carbocycles. The summed E-state index contributed by atoms with van der Waals surface area (Å²) in [5, 5.41) is 7.50. The van der Waals surface area contributed by atoms with E-state index in [1.165, 1.54) is 0 Å². The summed E-state index contributed by atoms with van der Waals surface area (Å²) in [6.07, 6.45) is 3.46. The number of nitrogens with one attached hydrogen (secondary N) is 1. The van der Waals surface area contributed by atoms with Crippen LogP contribution < -0.4 is 5.32 Å². The maximum Gasteiger partial charge on any atom is 0.255 e. The Bertz CT molecular complexity index is 423. The highest BCUT2D eigenvalue weighted by atomic mass is 16.5. The standard InChI is InChI=1S/C13H22N4O2/c1-3-9-4-5-11(18-9)13-15-12(16-19-13)10-8-14-6-7-17(10)2/h9-11,14H,3-8H2,1-2H3. The van der Waals surface area contributed by atoms with Crippen LogP contribution in [0.25, 0.3) is 0 Å². The Labute approximate surface area is 113 Å². The van der Waals surface area contributed by atoms with Crippen LogP contribution in [0.2, 0.25) is 0 Å². The molecule has 3 atom stereocenters. The van der Waals surface area contributed by atoms with Crippen molar-refractivity contribution in [3.63, 3.8) is 0 Å². The third-order valence-corrected chi connectivity index (χ3v) is 4.10. The zero-order valence-corrected chi connectivity index (χ0v) is 11.6. The number of rotatable bonds is 3. The van der Waals surface area contributed by atoms with Crippen LogP contribution in [0.5, 0.6) is 0 Å². The summed E-state index contributed by atoms with van der Waals surface area (Å²) in [4.78, 5) is 6.81. The van der Waals surface area contributed by atoms with E-state index in [-0.39, 0.29) is 12.1 Å². The first-order valence-electron chi connectivity index (χ1n) is 7.18. The average molecular weight is 266 g/mol. The SMILES string of the molecule is CCC1CCC(c2nc(C3CNCCN3C)no2)O1. The Morgan fingerprint density at radius 1 is 1.42 bits per heavy atom. The normalized spacial score (nSPS) is 32.8. The van der Waals surface area contributed by atoms with Crippen molar-refractivity contribution in [1.82, 2.24) is 20.4 Å². The molecule has 0 bridgehead atoms. The molecule has 2 aliphatic rings. The number of nitrogens with zero attached hydrogens (tertiary/aromatic N) is 3. The van der Waals surface area contributed by atoms with Gasteiger partial charge in [0, 0.05) is 19.6 Å². The molecule has 19 heavy (non-hydrogen) atoms. The molecule has 3 unspecified atom stereocenters. The third kappa shape index (κ3) is 2.66. The van der Waals surface area contributed by atoms with Crippen LogP contribution in [0, 0.1) is 0 Å². The van der Waals surface area contributed by atoms with Gasteiger partial charge in [0.15, 0.2) is 5.82 Å². The van der Waals surface area contributed by atoms with Gasteiger partial charge in [-0.25, -0.2) is 0 Å². The van der Waals surface area contributed by atoms with Gasteiger partial charge in [0.25, 0.3) is 5.89 Å². The molecule has 6 nitrogen and oxygen atoms in total. The van der Waals surface area contributed by atoms with Crippen molar-refractivity contribution in [2.75, 3.05) is 26.7 Å². The number of aromatic nitrogens is 2. The zero-order chi connectivity index (χ0) is 13.2. The molecule has 6 heteroatoms. The quantitative estimate of drug-likeness (QED) is 0.889. The molecule has 1 aromatic heterocycles. The molecular weight excluding hydrogens is 244 g/mol. The first-order valence-corrected chi connectivity index (χ1v) is 7.18. The maximum atomic E-state index is 5.90. The molecule has 106 valence electrons. The van der Waals surface area contributed by atoms with Gasteiger partial charge >= 0.3 is 0 Å². The number of likely N-dealkylation sites (N-methyl/N-ethyl adjacent to an activating group) is 1. The summed E-state index contributed by atoms with van der Waals surface area (Å²) in [6.45, 7) is 5.04. The van der Waals surface area contributed by atoms with Crippen LogP contribution in [0.1, 0.15) is 50.0 Å². The Kier molecular flexibility index (Phi) is 3.81. The Balaban J connectivity index is 1.69. The lowest BCUT2D eigenvalue weighted by molar-refractivity contribution is 0.0245. The van der Waals surface area contributed by atoms with Gasteiger partial charge in [-0.3, -0.25) is 4.90 Å². The first-order chi connectivity index (χ1) is 9.28. The Hall–Kier alpha value is -0.980. The number of hydrogen-bond acceptors (Lipinski definition) is 6. The van der Waals surface area contributed by atoms with E-state index in [1.807, 2.05) is 0 Å². The van der Waals surface area contributed by atoms with Gasteiger partial charge in [-0.2, -0.15) is 4.98 Å². The fourth-order valence-corrected chi connectivity index (χ4v) is 2.80. The summed E-state index contributed by atoms with van der Waals surface area (Å²) >= 11 is 0. The van der Waals surface area contributed by atoms with Gasteiger partial charge in [-0.15, -0.1) is 0 Å². The highest BCUT2D eigenvalue weighted by Gasteiger charge is 2.32. The van der Waals surface area contributed by atoms with Crippen molar-refractivity contribution in [2.24, 2.45) is 0 Å². The highest BCUT2D eigenvalue weighted by Crippen LogP contribution is 2.33. The van der Waals surface area contributed by atoms with E-state index in [0.717, 1.165) is 44.7 Å². The number of piperazine rings is 1. The number of hydrogen-bond donors (Lipinski definition) is 1. The maximum absolute atomic E-state index is 5.90. The van der Waals surface area contributed by atoms with Crippen LogP contribution in [0.3, 0.4) is 0 Å². The van der Waals surface area contributed by atoms with Crippen LogP contribution in [0.15, 0.2) is 4.52 Å². The largest absolute Gasteiger partial charge is 0.365 e. The molecule has 2 aliphatic heterocycles. The second-order valence-electron chi connectivity index (χ2n) is 5.42. The van der Waals surface area contributed by atoms with Crippen molar-refractivity contribution in [3.8, 4) is 0 Å². The molecule has 1 N–H and O–H groups in total. The fourth-order valence-electron chi connectivity index (χ4n) is 2.80. The van der Waals surface area contributed by atoms with Gasteiger partial charge < -0.3 is 14.6 Å². The van der Waals surface area contributed by atoms with E-state index in [0.29, 0.717) is 12.0 Å². The molecule has 3 rings (SSSR count). The van der Waals surface area contributed by atoms with Crippen molar-refractivity contribution in [1.29, 1.82) is 0 Å². The van der Waals surface area contributed by atoms with Crippen LogP contribution in [-0.2, 0) is 4.74 Å². The molecular formula is C13H22N4O2. The van der Waals surface area contributed by atoms with Crippen LogP contribution in [0.4, 0.5) is 0 Å². The second-order valence-corrected chi connectivity index (χ2v) is 5.42. The monoisotopic (exact) mass is 266 g/mol. The highest BCUT2D eigenvalue weighted by molar-refractivity contribution is 5.00. The Morgan fingerprint density at radius 3 is 3.05 bits per heavy atom. The first kappa shape index (κ1) is 13.0. The van der Waals surface area contributed by atoms with E-state index in [1.54, 1.807) is 0 Å². The van der Waals surface area contributed by atoms with Crippen molar-refractivity contribution in [2.45, 2.75) is 44.4 Å². The summed E-state index contributed by atoms with van der Waals surface area (Å²) in [5.41, 5.74) is 0. The van der Waals surface area contributed by atoms with Crippen molar-refractivity contribution in [3.05, 3.63) is 11.7 Å². The van der Waals surface area contributed by atoms with E-state index >= 15 is 0 Å². The molecule has 0 radical (unpaired) electrons. The smallest absolute Gasteiger partial charge is 0.255 e. The summed E-state index contributed by atoms with van der Waals surface area (Å²) in [5.74, 6) is 1.41. The van der Waals surface area contributed by atoms with Crippen LogP contribution >= 0.6 is 0 Å². The molecule has 3 heterocycles. The molecule has 1 aromatic rings. The van der Waals surface area contributed by atoms with Crippen molar-refractivity contribution < 1.29 is 9.26 Å². The van der Waals surface area contributed by atoms with E-state index in [2.05, 4.69) is 34.3 Å². The minimum absolute atomic E-state index is 0.00643. The predicted octanol–water partition coefficient (Wildman–Crippen LogP) is 1.28. The summed E-state index contributed by atoms with van der Waals surface area (Å²) in [7, 11) is 2.10. The fraction of sp³-hybridized carbons (Fsp3) is 0.846. The molecule has 0 saturated carbocycles. The molecule has 2 fully saturated rings.